The molecule has 1 aliphatic heterocycles. The molecule has 1 N–H and O–H groups in total. The fourth-order valence-corrected chi connectivity index (χ4v) is 7.80. The first-order valence-corrected chi connectivity index (χ1v) is 14.0. The Balaban J connectivity index is 1.62. The van der Waals surface area contributed by atoms with Gasteiger partial charge in [-0.15, -0.1) is 11.3 Å². The van der Waals surface area contributed by atoms with Gasteiger partial charge in [-0.25, -0.2) is 16.8 Å². The predicted molar refractivity (Wildman–Crippen MR) is 114 cm³/mol. The lowest BCUT2D eigenvalue weighted by atomic mass is 10.3. The zero-order valence-corrected chi connectivity index (χ0v) is 19.4. The van der Waals surface area contributed by atoms with Crippen molar-refractivity contribution in [3.8, 4) is 17.2 Å². The molecule has 3 aromatic rings. The van der Waals surface area contributed by atoms with Crippen molar-refractivity contribution < 1.29 is 31.0 Å². The minimum Gasteiger partial charge on any atom is -0.486 e. The van der Waals surface area contributed by atoms with Gasteiger partial charge in [-0.3, -0.25) is 4.72 Å². The van der Waals surface area contributed by atoms with E-state index in [1.165, 1.54) is 28.2 Å². The summed E-state index contributed by atoms with van der Waals surface area (Å²) in [5.74, 6) is 1.04. The van der Waals surface area contributed by atoms with Gasteiger partial charge in [0.15, 0.2) is 11.5 Å². The molecule has 14 heteroatoms. The molecule has 160 valence electrons. The number of fused-ring (bicyclic) bond motifs is 1. The van der Waals surface area contributed by atoms with Crippen molar-refractivity contribution >= 4 is 69.7 Å². The maximum absolute atomic E-state index is 12.5. The molecule has 0 spiro atoms. The lowest BCUT2D eigenvalue weighted by molar-refractivity contribution is 0.174. The predicted octanol–water partition coefficient (Wildman–Crippen LogP) is 4.50. The highest BCUT2D eigenvalue weighted by atomic mass is 35.7. The molecule has 0 fully saturated rings. The van der Waals surface area contributed by atoms with Gasteiger partial charge in [-0.1, -0.05) is 11.6 Å². The number of halogens is 2. The molecular weight excluding hydrogens is 517 g/mol. The fourth-order valence-electron chi connectivity index (χ4n) is 2.61. The summed E-state index contributed by atoms with van der Waals surface area (Å²) in [5.41, 5.74) is -0.156. The zero-order chi connectivity index (χ0) is 21.5. The number of benzene rings is 1. The summed E-state index contributed by atoms with van der Waals surface area (Å²) >= 11 is 8.41. The Bertz CT molecular complexity index is 1300. The highest BCUT2D eigenvalue weighted by Gasteiger charge is 2.28. The second kappa shape index (κ2) is 8.09. The Hall–Kier alpha value is -1.70. The van der Waals surface area contributed by atoms with Crippen LogP contribution in [0.2, 0.25) is 5.02 Å². The molecule has 30 heavy (non-hydrogen) atoms. The van der Waals surface area contributed by atoms with Gasteiger partial charge in [0.1, 0.15) is 22.3 Å². The molecule has 4 rings (SSSR count). The van der Waals surface area contributed by atoms with Crippen LogP contribution in [0.1, 0.15) is 4.88 Å². The van der Waals surface area contributed by atoms with Gasteiger partial charge in [-0.05, 0) is 23.6 Å². The van der Waals surface area contributed by atoms with Crippen molar-refractivity contribution in [2.24, 2.45) is 0 Å². The third kappa shape index (κ3) is 4.20. The lowest BCUT2D eigenvalue weighted by Gasteiger charge is -2.10. The van der Waals surface area contributed by atoms with Gasteiger partial charge in [0.05, 0.1) is 15.5 Å². The van der Waals surface area contributed by atoms with E-state index in [-0.39, 0.29) is 44.5 Å². The zero-order valence-electron chi connectivity index (χ0n) is 14.6. The highest BCUT2D eigenvalue weighted by Crippen LogP contribution is 2.45. The highest BCUT2D eigenvalue weighted by molar-refractivity contribution is 8.14. The van der Waals surface area contributed by atoms with Crippen molar-refractivity contribution in [3.63, 3.8) is 0 Å². The standard InChI is InChI=1S/C16H11Cl2NO7S4/c17-14-11(1-2-12-15(14)26-8-25-12)24-5-13-16(29(18,20)21)10(7-28-13)19-30(22,23)9-3-4-27-6-9/h1-4,6-7,19H,5,8H2. The lowest BCUT2D eigenvalue weighted by Crippen LogP contribution is -2.13. The molecule has 3 heterocycles. The van der Waals surface area contributed by atoms with E-state index in [0.717, 1.165) is 11.3 Å². The Morgan fingerprint density at radius 3 is 2.63 bits per heavy atom. The summed E-state index contributed by atoms with van der Waals surface area (Å²) in [6.45, 7) is -0.183. The monoisotopic (exact) mass is 527 g/mol. The number of hydrogen-bond acceptors (Lipinski definition) is 9. The average molecular weight is 528 g/mol. The molecule has 0 aliphatic carbocycles. The Kier molecular flexibility index (Phi) is 5.81. The third-order valence-corrected chi connectivity index (χ3v) is 8.97. The number of ether oxygens (including phenoxy) is 3. The van der Waals surface area contributed by atoms with Crippen LogP contribution in [0.15, 0.2) is 44.1 Å². The van der Waals surface area contributed by atoms with Gasteiger partial charge >= 0.3 is 0 Å². The summed E-state index contributed by atoms with van der Waals surface area (Å²) in [6.07, 6.45) is 0. The second-order valence-electron chi connectivity index (χ2n) is 5.80. The summed E-state index contributed by atoms with van der Waals surface area (Å²) < 4.78 is 67.7. The van der Waals surface area contributed by atoms with Gasteiger partial charge < -0.3 is 14.2 Å². The van der Waals surface area contributed by atoms with E-state index in [4.69, 9.17) is 36.5 Å². The summed E-state index contributed by atoms with van der Waals surface area (Å²) in [6, 6.07) is 4.57. The van der Waals surface area contributed by atoms with Gasteiger partial charge in [0.2, 0.25) is 6.79 Å². The average Bonchev–Trinajstić information content (AvgIpc) is 3.41. The summed E-state index contributed by atoms with van der Waals surface area (Å²) in [4.78, 5) is -0.159. The van der Waals surface area contributed by atoms with E-state index in [2.05, 4.69) is 4.72 Å². The molecule has 0 amide bonds. The summed E-state index contributed by atoms with van der Waals surface area (Å²) in [7, 11) is -2.67. The first kappa shape index (κ1) is 21.5. The Morgan fingerprint density at radius 2 is 1.93 bits per heavy atom. The minimum absolute atomic E-state index is 0.0153. The van der Waals surface area contributed by atoms with Crippen LogP contribution in [0.3, 0.4) is 0 Å². The quantitative estimate of drug-likeness (QED) is 0.450. The topological polar surface area (TPSA) is 108 Å². The van der Waals surface area contributed by atoms with E-state index in [0.29, 0.717) is 11.5 Å². The Morgan fingerprint density at radius 1 is 1.13 bits per heavy atom. The molecule has 0 radical (unpaired) electrons. The van der Waals surface area contributed by atoms with Gasteiger partial charge in [0, 0.05) is 21.4 Å². The number of sulfonamides is 1. The number of rotatable bonds is 7. The van der Waals surface area contributed by atoms with Crippen LogP contribution in [-0.2, 0) is 25.7 Å². The van der Waals surface area contributed by atoms with Crippen molar-refractivity contribution in [2.45, 2.75) is 16.4 Å². The molecule has 0 atom stereocenters. The largest absolute Gasteiger partial charge is 0.486 e. The molecule has 0 bridgehead atoms. The van der Waals surface area contributed by atoms with Crippen LogP contribution < -0.4 is 18.9 Å². The minimum atomic E-state index is -4.29. The van der Waals surface area contributed by atoms with Crippen LogP contribution in [0.5, 0.6) is 17.2 Å². The molecule has 1 aromatic carbocycles. The van der Waals surface area contributed by atoms with Crippen molar-refractivity contribution in [2.75, 3.05) is 11.5 Å². The van der Waals surface area contributed by atoms with Crippen LogP contribution in [0.4, 0.5) is 5.69 Å². The van der Waals surface area contributed by atoms with E-state index in [1.54, 1.807) is 17.5 Å². The van der Waals surface area contributed by atoms with Crippen LogP contribution in [0, 0.1) is 0 Å². The maximum Gasteiger partial charge on any atom is 0.264 e. The van der Waals surface area contributed by atoms with Crippen molar-refractivity contribution in [1.29, 1.82) is 0 Å². The molecule has 8 nitrogen and oxygen atoms in total. The molecule has 2 aromatic heterocycles. The van der Waals surface area contributed by atoms with Gasteiger partial charge in [0.25, 0.3) is 19.1 Å². The molecule has 0 saturated heterocycles. The molecule has 0 unspecified atom stereocenters. The number of thiophene rings is 2. The van der Waals surface area contributed by atoms with Crippen molar-refractivity contribution in [3.05, 3.63) is 44.2 Å². The van der Waals surface area contributed by atoms with Gasteiger partial charge in [-0.2, -0.15) is 11.3 Å². The van der Waals surface area contributed by atoms with E-state index < -0.39 is 19.1 Å². The van der Waals surface area contributed by atoms with E-state index in [1.807, 2.05) is 0 Å². The first-order chi connectivity index (χ1) is 14.2. The molecule has 1 aliphatic rings. The molecular formula is C16H11Cl2NO7S4. The summed E-state index contributed by atoms with van der Waals surface area (Å²) in [5, 5.41) is 4.54. The normalized spacial score (nSPS) is 13.4. The Labute approximate surface area is 189 Å². The van der Waals surface area contributed by atoms with Crippen LogP contribution >= 0.6 is 45.0 Å². The number of hydrogen-bond donors (Lipinski definition) is 1. The second-order valence-corrected chi connectivity index (χ2v) is 12.1. The maximum atomic E-state index is 12.5. The fraction of sp³-hybridized carbons (Fsp3) is 0.125. The van der Waals surface area contributed by atoms with Crippen LogP contribution in [0.25, 0.3) is 0 Å². The SMILES string of the molecule is O=S(=O)(Cl)c1c(NS(=O)(=O)c2ccsc2)csc1COc1ccc2c(c1Cl)OCO2. The molecule has 0 saturated carbocycles. The number of nitrogens with one attached hydrogen (secondary N) is 1. The first-order valence-electron chi connectivity index (χ1n) is 7.98. The smallest absolute Gasteiger partial charge is 0.264 e. The van der Waals surface area contributed by atoms with Crippen LogP contribution in [-0.4, -0.2) is 23.6 Å². The van der Waals surface area contributed by atoms with E-state index >= 15 is 0 Å². The van der Waals surface area contributed by atoms with E-state index in [9.17, 15) is 16.8 Å². The number of anilines is 1. The third-order valence-electron chi connectivity index (χ3n) is 3.91. The van der Waals surface area contributed by atoms with Crippen molar-refractivity contribution in [1.82, 2.24) is 0 Å².